The second-order valence-electron chi connectivity index (χ2n) is 15.0. The second-order valence-corrected chi connectivity index (χ2v) is 17.7. The summed E-state index contributed by atoms with van der Waals surface area (Å²) >= 11 is 0. The SMILES string of the molecule is O=P(c1ccccc1)(c1ccccc1)c1ccc(-c2ccc3ccc4ccc(-c5cccc(-c6ccc7ccc8ccc(-c9ccccc9)nc8c7n6)c5)nc4c3n2)cc1. The summed E-state index contributed by atoms with van der Waals surface area (Å²) in [5.41, 5.74) is 10.9. The minimum absolute atomic E-state index is 0.782. The Morgan fingerprint density at radius 3 is 0.967 bits per heavy atom. The number of aromatic nitrogens is 4. The predicted octanol–water partition coefficient (Wildman–Crippen LogP) is 12.2. The average Bonchev–Trinajstić information content (AvgIpc) is 3.34. The van der Waals surface area contributed by atoms with Crippen molar-refractivity contribution in [2.75, 3.05) is 0 Å². The van der Waals surface area contributed by atoms with Crippen LogP contribution in [0.25, 0.3) is 88.6 Å². The Morgan fingerprint density at radius 2 is 0.567 bits per heavy atom. The largest absolute Gasteiger partial charge is 0.309 e. The van der Waals surface area contributed by atoms with Crippen LogP contribution in [0.4, 0.5) is 0 Å². The zero-order valence-corrected chi connectivity index (χ0v) is 33.2. The van der Waals surface area contributed by atoms with E-state index in [-0.39, 0.29) is 0 Å². The van der Waals surface area contributed by atoms with Crippen molar-refractivity contribution in [3.63, 3.8) is 0 Å². The average molecular weight is 787 g/mol. The number of nitrogens with zero attached hydrogens (tertiary/aromatic N) is 4. The van der Waals surface area contributed by atoms with Gasteiger partial charge in [0.05, 0.1) is 44.8 Å². The summed E-state index contributed by atoms with van der Waals surface area (Å²) in [5, 5.41) is 6.52. The third kappa shape index (κ3) is 6.24. The Balaban J connectivity index is 0.954. The Labute approximate surface area is 347 Å². The zero-order chi connectivity index (χ0) is 40.0. The van der Waals surface area contributed by atoms with Gasteiger partial charge in [0.25, 0.3) is 0 Å². The highest BCUT2D eigenvalue weighted by atomic mass is 31.2. The zero-order valence-electron chi connectivity index (χ0n) is 32.4. The van der Waals surface area contributed by atoms with E-state index in [1.165, 1.54) is 0 Å². The van der Waals surface area contributed by atoms with Crippen LogP contribution >= 0.6 is 7.14 Å². The molecule has 0 spiro atoms. The van der Waals surface area contributed by atoms with Crippen LogP contribution in [0.15, 0.2) is 212 Å². The van der Waals surface area contributed by atoms with E-state index in [0.717, 1.165) is 105 Å². The number of rotatable bonds is 7. The highest BCUT2D eigenvalue weighted by molar-refractivity contribution is 7.85. The lowest BCUT2D eigenvalue weighted by Crippen LogP contribution is -2.24. The molecule has 5 nitrogen and oxygen atoms in total. The van der Waals surface area contributed by atoms with Crippen molar-refractivity contribution in [1.29, 1.82) is 0 Å². The summed E-state index contributed by atoms with van der Waals surface area (Å²) in [6, 6.07) is 71.4. The first kappa shape index (κ1) is 35.6. The van der Waals surface area contributed by atoms with Gasteiger partial charge in [0.2, 0.25) is 0 Å². The third-order valence-electron chi connectivity index (χ3n) is 11.3. The molecule has 0 fully saturated rings. The molecule has 0 bridgehead atoms. The van der Waals surface area contributed by atoms with E-state index in [2.05, 4.69) is 103 Å². The molecule has 0 saturated heterocycles. The van der Waals surface area contributed by atoms with E-state index >= 15 is 0 Å². The van der Waals surface area contributed by atoms with E-state index in [1.54, 1.807) is 0 Å². The summed E-state index contributed by atoms with van der Waals surface area (Å²) in [7, 11) is -3.09. The molecule has 0 amide bonds. The van der Waals surface area contributed by atoms with Crippen molar-refractivity contribution in [1.82, 2.24) is 19.9 Å². The number of hydrogen-bond donors (Lipinski definition) is 0. The van der Waals surface area contributed by atoms with Crippen LogP contribution in [0, 0.1) is 0 Å². The van der Waals surface area contributed by atoms with Gasteiger partial charge in [0, 0.05) is 59.7 Å². The van der Waals surface area contributed by atoms with E-state index in [1.807, 2.05) is 109 Å². The summed E-state index contributed by atoms with van der Waals surface area (Å²) < 4.78 is 15.0. The molecule has 0 aliphatic rings. The summed E-state index contributed by atoms with van der Waals surface area (Å²) in [6.07, 6.45) is 0. The van der Waals surface area contributed by atoms with E-state index in [4.69, 9.17) is 19.9 Å². The molecule has 0 radical (unpaired) electrons. The van der Waals surface area contributed by atoms with Crippen molar-refractivity contribution in [3.05, 3.63) is 212 Å². The molecule has 11 rings (SSSR count). The van der Waals surface area contributed by atoms with Gasteiger partial charge < -0.3 is 4.57 Å². The fourth-order valence-corrected chi connectivity index (χ4v) is 10.8. The van der Waals surface area contributed by atoms with Crippen LogP contribution in [-0.4, -0.2) is 19.9 Å². The third-order valence-corrected chi connectivity index (χ3v) is 14.4. The maximum atomic E-state index is 15.0. The maximum Gasteiger partial charge on any atom is 0.171 e. The molecule has 7 aromatic carbocycles. The Morgan fingerprint density at radius 1 is 0.267 bits per heavy atom. The molecular weight excluding hydrogens is 752 g/mol. The fraction of sp³-hybridized carbons (Fsp3) is 0. The number of pyridine rings is 4. The van der Waals surface area contributed by atoms with E-state index in [0.29, 0.717) is 0 Å². The molecule has 6 heteroatoms. The van der Waals surface area contributed by atoms with Gasteiger partial charge in [0.15, 0.2) is 7.14 Å². The van der Waals surface area contributed by atoms with Gasteiger partial charge in [-0.1, -0.05) is 182 Å². The van der Waals surface area contributed by atoms with Crippen molar-refractivity contribution in [2.45, 2.75) is 0 Å². The van der Waals surface area contributed by atoms with Crippen molar-refractivity contribution in [2.24, 2.45) is 0 Å². The first-order chi connectivity index (χ1) is 29.6. The topological polar surface area (TPSA) is 68.6 Å². The molecule has 0 N–H and O–H groups in total. The monoisotopic (exact) mass is 786 g/mol. The molecule has 4 heterocycles. The van der Waals surface area contributed by atoms with Gasteiger partial charge in [-0.05, 0) is 30.3 Å². The Bertz CT molecular complexity index is 3410. The molecule has 0 atom stereocenters. The molecule has 0 unspecified atom stereocenters. The maximum absolute atomic E-state index is 15.0. The van der Waals surface area contributed by atoms with Gasteiger partial charge in [-0.25, -0.2) is 19.9 Å². The lowest BCUT2D eigenvalue weighted by Gasteiger charge is -2.20. The smallest absolute Gasteiger partial charge is 0.171 e. The van der Waals surface area contributed by atoms with Gasteiger partial charge >= 0.3 is 0 Å². The first-order valence-corrected chi connectivity index (χ1v) is 21.7. The van der Waals surface area contributed by atoms with Gasteiger partial charge in [0.1, 0.15) is 0 Å². The first-order valence-electron chi connectivity index (χ1n) is 20.0. The standard InChI is InChI=1S/C54H35N4OP/c59-60(44-15-6-2-7-16-44,45-17-8-3-9-18-45)46-29-23-37(24-30-46)48-32-26-39-20-22-41-28-34-50(58-54(41)52(39)56-48)43-14-10-13-42(35-43)49-33-27-40-21-19-38-25-31-47(36-11-4-1-5-12-36)55-51(38)53(40)57-49/h1-35H. The van der Waals surface area contributed by atoms with Crippen molar-refractivity contribution in [3.8, 4) is 45.0 Å². The van der Waals surface area contributed by atoms with Gasteiger partial charge in [-0.3, -0.25) is 0 Å². The van der Waals surface area contributed by atoms with Gasteiger partial charge in [-0.2, -0.15) is 0 Å². The molecule has 0 saturated carbocycles. The molecule has 4 aromatic heterocycles. The summed E-state index contributed by atoms with van der Waals surface area (Å²) in [6.45, 7) is 0. The normalized spacial score (nSPS) is 11.7. The molecule has 60 heavy (non-hydrogen) atoms. The quantitative estimate of drug-likeness (QED) is 0.119. The highest BCUT2D eigenvalue weighted by Gasteiger charge is 2.29. The van der Waals surface area contributed by atoms with Crippen molar-refractivity contribution < 1.29 is 4.57 Å². The van der Waals surface area contributed by atoms with Gasteiger partial charge in [-0.15, -0.1) is 0 Å². The lowest BCUT2D eigenvalue weighted by atomic mass is 10.0. The van der Waals surface area contributed by atoms with Crippen LogP contribution < -0.4 is 15.9 Å². The number of fused-ring (bicyclic) bond motifs is 6. The van der Waals surface area contributed by atoms with Crippen LogP contribution in [-0.2, 0) is 4.57 Å². The lowest BCUT2D eigenvalue weighted by molar-refractivity contribution is 0.592. The Kier molecular flexibility index (Phi) is 8.69. The van der Waals surface area contributed by atoms with E-state index in [9.17, 15) is 4.57 Å². The molecule has 11 aromatic rings. The number of hydrogen-bond acceptors (Lipinski definition) is 5. The van der Waals surface area contributed by atoms with Crippen LogP contribution in [0.1, 0.15) is 0 Å². The highest BCUT2D eigenvalue weighted by Crippen LogP contribution is 2.42. The molecule has 0 aliphatic heterocycles. The fourth-order valence-electron chi connectivity index (χ4n) is 8.19. The van der Waals surface area contributed by atoms with Crippen molar-refractivity contribution >= 4 is 66.7 Å². The molecule has 0 aliphatic carbocycles. The van der Waals surface area contributed by atoms with Crippen LogP contribution in [0.3, 0.4) is 0 Å². The van der Waals surface area contributed by atoms with Crippen LogP contribution in [0.5, 0.6) is 0 Å². The molecule has 282 valence electrons. The Hall–Kier alpha value is -7.59. The minimum atomic E-state index is -3.09. The van der Waals surface area contributed by atoms with Crippen LogP contribution in [0.2, 0.25) is 0 Å². The summed E-state index contributed by atoms with van der Waals surface area (Å²) in [4.78, 5) is 20.8. The molecular formula is C54H35N4OP. The second kappa shape index (κ2) is 14.7. The minimum Gasteiger partial charge on any atom is -0.309 e. The van der Waals surface area contributed by atoms with E-state index < -0.39 is 7.14 Å². The predicted molar refractivity (Wildman–Crippen MR) is 249 cm³/mol. The number of benzene rings is 7. The summed E-state index contributed by atoms with van der Waals surface area (Å²) in [5.74, 6) is 0.